The highest BCUT2D eigenvalue weighted by Gasteiger charge is 2.09. The zero-order chi connectivity index (χ0) is 15.5. The summed E-state index contributed by atoms with van der Waals surface area (Å²) in [6.07, 6.45) is 1.12. The number of halogens is 1. The minimum Gasteiger partial charge on any atom is -0.396 e. The van der Waals surface area contributed by atoms with Crippen LogP contribution in [0, 0.1) is 5.92 Å². The maximum absolute atomic E-state index is 9.56. The van der Waals surface area contributed by atoms with Gasteiger partial charge in [-0.15, -0.1) is 24.0 Å². The normalized spacial score (nSPS) is 12.7. The molecule has 0 spiro atoms. The van der Waals surface area contributed by atoms with Gasteiger partial charge in [0.25, 0.3) is 0 Å². The van der Waals surface area contributed by atoms with Crippen molar-refractivity contribution in [3.05, 3.63) is 35.9 Å². The zero-order valence-electron chi connectivity index (χ0n) is 13.9. The van der Waals surface area contributed by atoms with Crippen LogP contribution in [-0.2, 0) is 0 Å². The number of aliphatic hydroxyl groups excluding tert-OH is 1. The molecule has 22 heavy (non-hydrogen) atoms. The first-order valence-corrected chi connectivity index (χ1v) is 7.85. The number of rotatable bonds is 8. The summed E-state index contributed by atoms with van der Waals surface area (Å²) in [4.78, 5) is 4.59. The van der Waals surface area contributed by atoms with E-state index in [0.29, 0.717) is 12.5 Å². The summed E-state index contributed by atoms with van der Waals surface area (Å²) in [6, 6.07) is 10.0. The fourth-order valence-electron chi connectivity index (χ4n) is 2.02. The lowest BCUT2D eigenvalue weighted by Crippen LogP contribution is -2.38. The van der Waals surface area contributed by atoms with E-state index in [1.54, 1.807) is 0 Å². The van der Waals surface area contributed by atoms with E-state index in [-0.39, 0.29) is 36.5 Å². The van der Waals surface area contributed by atoms with Gasteiger partial charge in [-0.25, -0.2) is 0 Å². The first-order valence-electron chi connectivity index (χ1n) is 7.85. The van der Waals surface area contributed by atoms with E-state index in [2.05, 4.69) is 36.4 Å². The van der Waals surface area contributed by atoms with Crippen molar-refractivity contribution in [3.63, 3.8) is 0 Å². The Hall–Kier alpha value is -0.820. The number of aliphatic imine (C=N–C) groups is 1. The van der Waals surface area contributed by atoms with Gasteiger partial charge in [0.2, 0.25) is 0 Å². The molecule has 0 radical (unpaired) electrons. The smallest absolute Gasteiger partial charge is 0.191 e. The Balaban J connectivity index is 0.00000441. The van der Waals surface area contributed by atoms with Gasteiger partial charge >= 0.3 is 0 Å². The van der Waals surface area contributed by atoms with Crippen molar-refractivity contribution < 1.29 is 5.11 Å². The van der Waals surface area contributed by atoms with Crippen LogP contribution in [0.5, 0.6) is 0 Å². The number of nitrogens with zero attached hydrogens (tertiary/aromatic N) is 1. The van der Waals surface area contributed by atoms with Crippen molar-refractivity contribution in [2.75, 3.05) is 26.2 Å². The lowest BCUT2D eigenvalue weighted by atomic mass is 10.0. The van der Waals surface area contributed by atoms with Crippen molar-refractivity contribution in [1.82, 2.24) is 10.6 Å². The van der Waals surface area contributed by atoms with Gasteiger partial charge in [-0.05, 0) is 24.8 Å². The van der Waals surface area contributed by atoms with Crippen molar-refractivity contribution in [2.45, 2.75) is 33.1 Å². The van der Waals surface area contributed by atoms with Gasteiger partial charge < -0.3 is 15.7 Å². The molecule has 0 amide bonds. The van der Waals surface area contributed by atoms with E-state index >= 15 is 0 Å². The van der Waals surface area contributed by atoms with Crippen LogP contribution >= 0.6 is 24.0 Å². The number of nitrogens with one attached hydrogen (secondary N) is 2. The van der Waals surface area contributed by atoms with Gasteiger partial charge in [-0.2, -0.15) is 0 Å². The molecule has 126 valence electrons. The Kier molecular flexibility index (Phi) is 12.2. The second-order valence-corrected chi connectivity index (χ2v) is 5.62. The maximum atomic E-state index is 9.56. The van der Waals surface area contributed by atoms with Crippen LogP contribution in [0.4, 0.5) is 0 Å². The highest BCUT2D eigenvalue weighted by molar-refractivity contribution is 14.0. The molecule has 0 fully saturated rings. The largest absolute Gasteiger partial charge is 0.396 e. The van der Waals surface area contributed by atoms with Crippen molar-refractivity contribution in [3.8, 4) is 0 Å². The van der Waals surface area contributed by atoms with Gasteiger partial charge in [0.05, 0.1) is 13.2 Å². The quantitative estimate of drug-likeness (QED) is 0.345. The minimum absolute atomic E-state index is 0. The molecule has 1 aromatic carbocycles. The number of benzene rings is 1. The second-order valence-electron chi connectivity index (χ2n) is 5.62. The molecule has 4 nitrogen and oxygen atoms in total. The highest BCUT2D eigenvalue weighted by atomic mass is 127. The lowest BCUT2D eigenvalue weighted by molar-refractivity contribution is 0.268. The first kappa shape index (κ1) is 21.2. The fourth-order valence-corrected chi connectivity index (χ4v) is 2.02. The molecule has 0 saturated heterocycles. The average molecular weight is 419 g/mol. The molecule has 1 unspecified atom stereocenters. The molecule has 0 aliphatic carbocycles. The monoisotopic (exact) mass is 419 g/mol. The summed E-state index contributed by atoms with van der Waals surface area (Å²) in [5.41, 5.74) is 1.13. The number of guanidine groups is 1. The molecule has 0 saturated carbocycles. The fraction of sp³-hybridized carbons (Fsp3) is 0.588. The van der Waals surface area contributed by atoms with Gasteiger partial charge in [0, 0.05) is 19.0 Å². The van der Waals surface area contributed by atoms with E-state index in [4.69, 9.17) is 0 Å². The summed E-state index contributed by atoms with van der Waals surface area (Å²) < 4.78 is 0. The predicted molar refractivity (Wildman–Crippen MR) is 105 cm³/mol. The van der Waals surface area contributed by atoms with Crippen LogP contribution in [0.15, 0.2) is 35.3 Å². The van der Waals surface area contributed by atoms with Crippen molar-refractivity contribution in [1.29, 1.82) is 0 Å². The van der Waals surface area contributed by atoms with E-state index in [0.717, 1.165) is 31.0 Å². The Morgan fingerprint density at radius 2 is 1.86 bits per heavy atom. The third-order valence-electron chi connectivity index (χ3n) is 3.32. The topological polar surface area (TPSA) is 56.7 Å². The Bertz CT molecular complexity index is 410. The van der Waals surface area contributed by atoms with E-state index < -0.39 is 0 Å². The molecular formula is C17H30IN3O. The maximum Gasteiger partial charge on any atom is 0.191 e. The van der Waals surface area contributed by atoms with Crippen LogP contribution in [0.25, 0.3) is 0 Å². The third-order valence-corrected chi connectivity index (χ3v) is 3.32. The molecule has 1 rings (SSSR count). The SMILES string of the molecule is CCNC(=NCC(CO)c1ccccc1)NCCC(C)C.I. The average Bonchev–Trinajstić information content (AvgIpc) is 2.48. The molecule has 0 aliphatic heterocycles. The molecule has 0 bridgehead atoms. The number of aliphatic hydroxyl groups is 1. The molecule has 1 atom stereocenters. The van der Waals surface area contributed by atoms with Gasteiger partial charge in [-0.1, -0.05) is 44.2 Å². The molecule has 0 aliphatic rings. The zero-order valence-corrected chi connectivity index (χ0v) is 16.2. The molecule has 5 heteroatoms. The second kappa shape index (κ2) is 12.7. The van der Waals surface area contributed by atoms with E-state index in [1.807, 2.05) is 30.3 Å². The first-order chi connectivity index (χ1) is 10.2. The Morgan fingerprint density at radius 3 is 2.41 bits per heavy atom. The van der Waals surface area contributed by atoms with Crippen LogP contribution in [0.3, 0.4) is 0 Å². The van der Waals surface area contributed by atoms with E-state index in [1.165, 1.54) is 0 Å². The van der Waals surface area contributed by atoms with E-state index in [9.17, 15) is 5.11 Å². The van der Waals surface area contributed by atoms with Crippen LogP contribution in [0.1, 0.15) is 38.7 Å². The highest BCUT2D eigenvalue weighted by Crippen LogP contribution is 2.14. The number of hydrogen-bond donors (Lipinski definition) is 3. The van der Waals surface area contributed by atoms with Crippen LogP contribution < -0.4 is 10.6 Å². The van der Waals surface area contributed by atoms with Gasteiger partial charge in [0.1, 0.15) is 0 Å². The van der Waals surface area contributed by atoms with Crippen LogP contribution in [-0.4, -0.2) is 37.3 Å². The third kappa shape index (κ3) is 8.58. The summed E-state index contributed by atoms with van der Waals surface area (Å²) in [5.74, 6) is 1.55. The molecule has 3 N–H and O–H groups in total. The lowest BCUT2D eigenvalue weighted by Gasteiger charge is -2.15. The summed E-state index contributed by atoms with van der Waals surface area (Å²) >= 11 is 0. The Labute approximate surface area is 151 Å². The van der Waals surface area contributed by atoms with Gasteiger partial charge in [0.15, 0.2) is 5.96 Å². The van der Waals surface area contributed by atoms with Crippen molar-refractivity contribution >= 4 is 29.9 Å². The van der Waals surface area contributed by atoms with Crippen molar-refractivity contribution in [2.24, 2.45) is 10.9 Å². The minimum atomic E-state index is 0. The summed E-state index contributed by atoms with van der Waals surface area (Å²) in [7, 11) is 0. The molecule has 0 aromatic heterocycles. The van der Waals surface area contributed by atoms with Gasteiger partial charge in [-0.3, -0.25) is 4.99 Å². The Morgan fingerprint density at radius 1 is 1.18 bits per heavy atom. The molecule has 1 aromatic rings. The summed E-state index contributed by atoms with van der Waals surface area (Å²) in [6.45, 7) is 8.92. The molecule has 0 heterocycles. The predicted octanol–water partition coefficient (Wildman–Crippen LogP) is 2.98. The summed E-state index contributed by atoms with van der Waals surface area (Å²) in [5, 5.41) is 16.1. The molecular weight excluding hydrogens is 389 g/mol. The standard InChI is InChI=1S/C17H29N3O.HI/c1-4-18-17(19-11-10-14(2)3)20-12-16(13-21)15-8-6-5-7-9-15;/h5-9,14,16,21H,4,10-13H2,1-3H3,(H2,18,19,20);1H. The van der Waals surface area contributed by atoms with Crippen LogP contribution in [0.2, 0.25) is 0 Å². The number of hydrogen-bond acceptors (Lipinski definition) is 2.